The van der Waals surface area contributed by atoms with Crippen molar-refractivity contribution in [1.82, 2.24) is 0 Å². The first kappa shape index (κ1) is 14.3. The van der Waals surface area contributed by atoms with E-state index < -0.39 is 0 Å². The van der Waals surface area contributed by atoms with Gasteiger partial charge in [0.15, 0.2) is 0 Å². The SMILES string of the molecule is COc1cccc(C#N)c1NC1C[C@H](C)Sc2sccc21. The Kier molecular flexibility index (Phi) is 4.09. The Morgan fingerprint density at radius 1 is 1.38 bits per heavy atom. The van der Waals surface area contributed by atoms with Crippen LogP contribution in [-0.2, 0) is 0 Å². The van der Waals surface area contributed by atoms with Gasteiger partial charge >= 0.3 is 0 Å². The second-order valence-electron chi connectivity index (χ2n) is 5.02. The first-order valence-corrected chi connectivity index (χ1v) is 8.56. The van der Waals surface area contributed by atoms with Crippen molar-refractivity contribution in [2.45, 2.75) is 28.8 Å². The van der Waals surface area contributed by atoms with Crippen LogP contribution in [0.1, 0.15) is 30.5 Å². The number of thiophene rings is 1. The lowest BCUT2D eigenvalue weighted by Gasteiger charge is -2.29. The van der Waals surface area contributed by atoms with Crippen molar-refractivity contribution in [1.29, 1.82) is 5.26 Å². The van der Waals surface area contributed by atoms with E-state index in [0.29, 0.717) is 10.8 Å². The van der Waals surface area contributed by atoms with Gasteiger partial charge in [0, 0.05) is 5.25 Å². The quantitative estimate of drug-likeness (QED) is 0.894. The number of nitrogens with zero attached hydrogens (tertiary/aromatic N) is 1. The summed E-state index contributed by atoms with van der Waals surface area (Å²) >= 11 is 3.73. The highest BCUT2D eigenvalue weighted by Crippen LogP contribution is 2.46. The first-order valence-electron chi connectivity index (χ1n) is 6.80. The van der Waals surface area contributed by atoms with Crippen molar-refractivity contribution >= 4 is 28.8 Å². The van der Waals surface area contributed by atoms with Gasteiger partial charge in [0.05, 0.1) is 28.6 Å². The number of para-hydroxylation sites is 1. The lowest BCUT2D eigenvalue weighted by molar-refractivity contribution is 0.415. The molecule has 1 unspecified atom stereocenters. The lowest BCUT2D eigenvalue weighted by Crippen LogP contribution is -2.19. The maximum atomic E-state index is 9.33. The number of methoxy groups -OCH3 is 1. The number of hydrogen-bond acceptors (Lipinski definition) is 5. The number of thioether (sulfide) groups is 1. The van der Waals surface area contributed by atoms with E-state index in [-0.39, 0.29) is 6.04 Å². The summed E-state index contributed by atoms with van der Waals surface area (Å²) in [7, 11) is 1.64. The van der Waals surface area contributed by atoms with Crippen molar-refractivity contribution in [3.63, 3.8) is 0 Å². The summed E-state index contributed by atoms with van der Waals surface area (Å²) in [4.78, 5) is 0. The molecule has 5 heteroatoms. The van der Waals surface area contributed by atoms with Crippen molar-refractivity contribution in [2.24, 2.45) is 0 Å². The van der Waals surface area contributed by atoms with Gasteiger partial charge in [0.2, 0.25) is 0 Å². The van der Waals surface area contributed by atoms with Gasteiger partial charge in [-0.3, -0.25) is 0 Å². The molecule has 3 rings (SSSR count). The topological polar surface area (TPSA) is 45.0 Å². The standard InChI is InChI=1S/C16H16N2OS2/c1-10-8-13(12-6-7-20-16(12)21-10)18-15-11(9-17)4-3-5-14(15)19-2/h3-7,10,13,18H,8H2,1-2H3/t10-,13?/m0/s1. The average molecular weight is 316 g/mol. The van der Waals surface area contributed by atoms with Crippen LogP contribution in [0.3, 0.4) is 0 Å². The summed E-state index contributed by atoms with van der Waals surface area (Å²) in [6, 6.07) is 10.2. The Hall–Kier alpha value is -1.64. The summed E-state index contributed by atoms with van der Waals surface area (Å²) < 4.78 is 6.78. The largest absolute Gasteiger partial charge is 0.495 e. The predicted molar refractivity (Wildman–Crippen MR) is 88.3 cm³/mol. The highest BCUT2D eigenvalue weighted by molar-refractivity contribution is 8.01. The zero-order valence-electron chi connectivity index (χ0n) is 11.9. The van der Waals surface area contributed by atoms with Gasteiger partial charge < -0.3 is 10.1 Å². The van der Waals surface area contributed by atoms with Crippen molar-refractivity contribution < 1.29 is 4.74 Å². The minimum absolute atomic E-state index is 0.228. The fraction of sp³-hybridized carbons (Fsp3) is 0.312. The van der Waals surface area contributed by atoms with E-state index in [0.717, 1.165) is 17.9 Å². The predicted octanol–water partition coefficient (Wildman–Crippen LogP) is 4.67. The average Bonchev–Trinajstić information content (AvgIpc) is 2.95. The second kappa shape index (κ2) is 6.00. The number of nitriles is 1. The normalized spacial score (nSPS) is 20.4. The summed E-state index contributed by atoms with van der Waals surface area (Å²) in [6.07, 6.45) is 1.04. The Balaban J connectivity index is 1.97. The van der Waals surface area contributed by atoms with Crippen LogP contribution in [0.4, 0.5) is 5.69 Å². The van der Waals surface area contributed by atoms with Crippen LogP contribution in [0.25, 0.3) is 0 Å². The van der Waals surface area contributed by atoms with Gasteiger partial charge in [-0.15, -0.1) is 23.1 Å². The first-order chi connectivity index (χ1) is 10.2. The van der Waals surface area contributed by atoms with Gasteiger partial charge in [0.1, 0.15) is 11.8 Å². The summed E-state index contributed by atoms with van der Waals surface area (Å²) in [6.45, 7) is 2.25. The molecular formula is C16H16N2OS2. The van der Waals surface area contributed by atoms with E-state index in [1.54, 1.807) is 18.4 Å². The van der Waals surface area contributed by atoms with Crippen molar-refractivity contribution in [3.05, 3.63) is 40.8 Å². The zero-order valence-corrected chi connectivity index (χ0v) is 13.6. The van der Waals surface area contributed by atoms with Crippen molar-refractivity contribution in [3.8, 4) is 11.8 Å². The third kappa shape index (κ3) is 2.74. The molecule has 0 saturated heterocycles. The molecule has 2 aromatic rings. The minimum Gasteiger partial charge on any atom is -0.495 e. The monoisotopic (exact) mass is 316 g/mol. The second-order valence-corrected chi connectivity index (χ2v) is 7.64. The molecule has 1 aliphatic rings. The fourth-order valence-electron chi connectivity index (χ4n) is 2.60. The number of hydrogen-bond donors (Lipinski definition) is 1. The molecule has 1 aromatic heterocycles. The van der Waals surface area contributed by atoms with E-state index in [1.807, 2.05) is 30.0 Å². The molecule has 1 aromatic carbocycles. The summed E-state index contributed by atoms with van der Waals surface area (Å²) in [5, 5.41) is 15.6. The molecule has 3 nitrogen and oxygen atoms in total. The van der Waals surface area contributed by atoms with Crippen molar-refractivity contribution in [2.75, 3.05) is 12.4 Å². The van der Waals surface area contributed by atoms with Gasteiger partial charge in [-0.1, -0.05) is 13.0 Å². The molecule has 0 amide bonds. The molecule has 2 atom stereocenters. The van der Waals surface area contributed by atoms with E-state index in [9.17, 15) is 5.26 Å². The maximum absolute atomic E-state index is 9.33. The van der Waals surface area contributed by atoms with Crippen LogP contribution in [0, 0.1) is 11.3 Å². The highest BCUT2D eigenvalue weighted by Gasteiger charge is 2.27. The fourth-order valence-corrected chi connectivity index (χ4v) is 5.17. The molecule has 108 valence electrons. The Morgan fingerprint density at radius 2 is 2.24 bits per heavy atom. The smallest absolute Gasteiger partial charge is 0.143 e. The zero-order chi connectivity index (χ0) is 14.8. The molecule has 1 N–H and O–H groups in total. The van der Waals surface area contributed by atoms with E-state index >= 15 is 0 Å². The minimum atomic E-state index is 0.228. The number of nitrogens with one attached hydrogen (secondary N) is 1. The number of rotatable bonds is 3. The summed E-state index contributed by atoms with van der Waals surface area (Å²) in [5.74, 6) is 0.719. The molecule has 0 fully saturated rings. The van der Waals surface area contributed by atoms with Crippen LogP contribution in [0.5, 0.6) is 5.75 Å². The van der Waals surface area contributed by atoms with E-state index in [4.69, 9.17) is 4.74 Å². The van der Waals surface area contributed by atoms with Gasteiger partial charge in [-0.2, -0.15) is 5.26 Å². The molecular weight excluding hydrogens is 300 g/mol. The van der Waals surface area contributed by atoms with E-state index in [2.05, 4.69) is 29.8 Å². The molecule has 0 bridgehead atoms. The number of ether oxygens (including phenoxy) is 1. The van der Waals surface area contributed by atoms with Crippen LogP contribution < -0.4 is 10.1 Å². The molecule has 0 saturated carbocycles. The summed E-state index contributed by atoms with van der Waals surface area (Å²) in [5.41, 5.74) is 2.75. The van der Waals surface area contributed by atoms with Gasteiger partial charge in [0.25, 0.3) is 0 Å². The molecule has 1 aliphatic heterocycles. The van der Waals surface area contributed by atoms with Gasteiger partial charge in [-0.05, 0) is 35.6 Å². The van der Waals surface area contributed by atoms with Crippen LogP contribution >= 0.6 is 23.1 Å². The van der Waals surface area contributed by atoms with E-state index in [1.165, 1.54) is 9.77 Å². The molecule has 0 radical (unpaired) electrons. The molecule has 2 heterocycles. The van der Waals surface area contributed by atoms with Crippen LogP contribution in [0.15, 0.2) is 33.9 Å². The van der Waals surface area contributed by atoms with Crippen LogP contribution in [-0.4, -0.2) is 12.4 Å². The van der Waals surface area contributed by atoms with Crippen LogP contribution in [0.2, 0.25) is 0 Å². The third-order valence-electron chi connectivity index (χ3n) is 3.59. The molecule has 0 spiro atoms. The maximum Gasteiger partial charge on any atom is 0.143 e. The highest BCUT2D eigenvalue weighted by atomic mass is 32.2. The van der Waals surface area contributed by atoms with Gasteiger partial charge in [-0.25, -0.2) is 0 Å². The Morgan fingerprint density at radius 3 is 3.00 bits per heavy atom. The number of benzene rings is 1. The lowest BCUT2D eigenvalue weighted by atomic mass is 10.0. The molecule has 21 heavy (non-hydrogen) atoms. The number of fused-ring (bicyclic) bond motifs is 1. The number of anilines is 1. The Bertz CT molecular complexity index is 690. The Labute approximate surface area is 132 Å². The molecule has 0 aliphatic carbocycles. The third-order valence-corrected chi connectivity index (χ3v) is 5.94.